The smallest absolute Gasteiger partial charge is 0.0685 e. The van der Waals surface area contributed by atoms with E-state index in [1.165, 1.54) is 0 Å². The SMILES string of the molecule is C=C(CCl)COCCC(C)C. The summed E-state index contributed by atoms with van der Waals surface area (Å²) in [6, 6.07) is 0. The molecule has 0 amide bonds. The molecule has 11 heavy (non-hydrogen) atoms. The lowest BCUT2D eigenvalue weighted by atomic mass is 10.1. The first-order chi connectivity index (χ1) is 5.16. The van der Waals surface area contributed by atoms with Crippen molar-refractivity contribution in [3.63, 3.8) is 0 Å². The van der Waals surface area contributed by atoms with Crippen LogP contribution in [0.1, 0.15) is 20.3 Å². The van der Waals surface area contributed by atoms with Crippen LogP contribution < -0.4 is 0 Å². The van der Waals surface area contributed by atoms with Gasteiger partial charge in [-0.15, -0.1) is 11.6 Å². The van der Waals surface area contributed by atoms with Crippen LogP contribution in [0.2, 0.25) is 0 Å². The highest BCUT2D eigenvalue weighted by Gasteiger charge is 1.95. The zero-order chi connectivity index (χ0) is 8.69. The largest absolute Gasteiger partial charge is 0.377 e. The van der Waals surface area contributed by atoms with E-state index in [-0.39, 0.29) is 0 Å². The van der Waals surface area contributed by atoms with Crippen LogP contribution >= 0.6 is 11.6 Å². The molecule has 66 valence electrons. The minimum Gasteiger partial charge on any atom is -0.377 e. The van der Waals surface area contributed by atoms with Gasteiger partial charge in [-0.05, 0) is 17.9 Å². The van der Waals surface area contributed by atoms with Crippen molar-refractivity contribution in [1.29, 1.82) is 0 Å². The van der Waals surface area contributed by atoms with Crippen molar-refractivity contribution in [1.82, 2.24) is 0 Å². The molecule has 0 aromatic heterocycles. The molecule has 0 aromatic carbocycles. The average Bonchev–Trinajstić information content (AvgIpc) is 1.97. The second kappa shape index (κ2) is 6.68. The van der Waals surface area contributed by atoms with E-state index in [4.69, 9.17) is 16.3 Å². The van der Waals surface area contributed by atoms with Gasteiger partial charge in [-0.1, -0.05) is 20.4 Å². The number of alkyl halides is 1. The maximum atomic E-state index is 5.51. The molecule has 0 aliphatic heterocycles. The third kappa shape index (κ3) is 7.89. The normalized spacial score (nSPS) is 10.5. The van der Waals surface area contributed by atoms with E-state index in [0.717, 1.165) is 18.6 Å². The van der Waals surface area contributed by atoms with E-state index in [0.29, 0.717) is 18.4 Å². The standard InChI is InChI=1S/C9H17ClO/c1-8(2)4-5-11-7-9(3)6-10/h8H,3-7H2,1-2H3. The zero-order valence-corrected chi connectivity index (χ0v) is 8.16. The van der Waals surface area contributed by atoms with Crippen molar-refractivity contribution in [2.45, 2.75) is 20.3 Å². The molecule has 0 saturated carbocycles. The Bertz CT molecular complexity index is 110. The molecule has 0 aromatic rings. The molecule has 2 heteroatoms. The van der Waals surface area contributed by atoms with Gasteiger partial charge in [0.15, 0.2) is 0 Å². The summed E-state index contributed by atoms with van der Waals surface area (Å²) in [7, 11) is 0. The molecule has 0 unspecified atom stereocenters. The number of hydrogen-bond donors (Lipinski definition) is 0. The maximum absolute atomic E-state index is 5.51. The highest BCUT2D eigenvalue weighted by Crippen LogP contribution is 2.00. The van der Waals surface area contributed by atoms with Crippen LogP contribution in [0.4, 0.5) is 0 Å². The first-order valence-electron chi connectivity index (χ1n) is 3.97. The van der Waals surface area contributed by atoms with Crippen molar-refractivity contribution >= 4 is 11.6 Å². The third-order valence-electron chi connectivity index (χ3n) is 1.33. The lowest BCUT2D eigenvalue weighted by molar-refractivity contribution is 0.144. The van der Waals surface area contributed by atoms with Gasteiger partial charge < -0.3 is 4.74 Å². The van der Waals surface area contributed by atoms with E-state index in [1.54, 1.807) is 0 Å². The average molecular weight is 177 g/mol. The summed E-state index contributed by atoms with van der Waals surface area (Å²) in [5.74, 6) is 1.21. The van der Waals surface area contributed by atoms with Crippen LogP contribution in [0.25, 0.3) is 0 Å². The first kappa shape index (κ1) is 11.0. The number of ether oxygens (including phenoxy) is 1. The zero-order valence-electron chi connectivity index (χ0n) is 7.40. The minimum absolute atomic E-state index is 0.502. The van der Waals surface area contributed by atoms with Gasteiger partial charge in [-0.3, -0.25) is 0 Å². The molecule has 0 fully saturated rings. The fourth-order valence-electron chi connectivity index (χ4n) is 0.574. The highest BCUT2D eigenvalue weighted by atomic mass is 35.5. The second-order valence-electron chi connectivity index (χ2n) is 3.12. The Labute approximate surface area is 74.4 Å². The fourth-order valence-corrected chi connectivity index (χ4v) is 0.651. The summed E-state index contributed by atoms with van der Waals surface area (Å²) in [4.78, 5) is 0. The highest BCUT2D eigenvalue weighted by molar-refractivity contribution is 6.19. The molecule has 0 rings (SSSR count). The number of hydrogen-bond acceptors (Lipinski definition) is 1. The van der Waals surface area contributed by atoms with Crippen molar-refractivity contribution in [2.24, 2.45) is 5.92 Å². The van der Waals surface area contributed by atoms with E-state index in [1.807, 2.05) is 0 Å². The van der Waals surface area contributed by atoms with Crippen LogP contribution in [0, 0.1) is 5.92 Å². The van der Waals surface area contributed by atoms with Gasteiger partial charge in [0.2, 0.25) is 0 Å². The second-order valence-corrected chi connectivity index (χ2v) is 3.39. The van der Waals surface area contributed by atoms with Gasteiger partial charge in [-0.2, -0.15) is 0 Å². The van der Waals surface area contributed by atoms with E-state index >= 15 is 0 Å². The van der Waals surface area contributed by atoms with Gasteiger partial charge in [0.1, 0.15) is 0 Å². The predicted octanol–water partition coefficient (Wildman–Crippen LogP) is 2.84. The molecule has 0 spiro atoms. The molecule has 0 aliphatic carbocycles. The molecule has 0 heterocycles. The summed E-state index contributed by atoms with van der Waals surface area (Å²) in [5.41, 5.74) is 0.954. The Morgan fingerprint density at radius 3 is 2.64 bits per heavy atom. The molecule has 0 aliphatic rings. The van der Waals surface area contributed by atoms with Crippen LogP contribution in [0.3, 0.4) is 0 Å². The van der Waals surface area contributed by atoms with Crippen LogP contribution in [-0.4, -0.2) is 19.1 Å². The number of halogens is 1. The molecule has 0 N–H and O–H groups in total. The van der Waals surface area contributed by atoms with Gasteiger partial charge in [-0.25, -0.2) is 0 Å². The van der Waals surface area contributed by atoms with Crippen molar-refractivity contribution in [3.05, 3.63) is 12.2 Å². The van der Waals surface area contributed by atoms with Crippen molar-refractivity contribution < 1.29 is 4.74 Å². The summed E-state index contributed by atoms with van der Waals surface area (Å²) in [5, 5.41) is 0. The lowest BCUT2D eigenvalue weighted by Crippen LogP contribution is -2.02. The Kier molecular flexibility index (Phi) is 6.68. The molecule has 0 atom stereocenters. The Hall–Kier alpha value is -0.0100. The van der Waals surface area contributed by atoms with Gasteiger partial charge in [0.25, 0.3) is 0 Å². The quantitative estimate of drug-likeness (QED) is 0.344. The van der Waals surface area contributed by atoms with E-state index < -0.39 is 0 Å². The van der Waals surface area contributed by atoms with Crippen molar-refractivity contribution in [3.8, 4) is 0 Å². The molecule has 0 bridgehead atoms. The predicted molar refractivity (Wildman–Crippen MR) is 50.1 cm³/mol. The van der Waals surface area contributed by atoms with Gasteiger partial charge >= 0.3 is 0 Å². The maximum Gasteiger partial charge on any atom is 0.0685 e. The monoisotopic (exact) mass is 176 g/mol. The number of rotatable bonds is 6. The lowest BCUT2D eigenvalue weighted by Gasteiger charge is -2.06. The third-order valence-corrected chi connectivity index (χ3v) is 1.71. The molecule has 0 radical (unpaired) electrons. The fraction of sp³-hybridized carbons (Fsp3) is 0.778. The summed E-state index contributed by atoms with van der Waals surface area (Å²) < 4.78 is 5.31. The van der Waals surface area contributed by atoms with E-state index in [9.17, 15) is 0 Å². The summed E-state index contributed by atoms with van der Waals surface area (Å²) >= 11 is 5.51. The van der Waals surface area contributed by atoms with Crippen molar-refractivity contribution in [2.75, 3.05) is 19.1 Å². The molecular weight excluding hydrogens is 160 g/mol. The topological polar surface area (TPSA) is 9.23 Å². The minimum atomic E-state index is 0.502. The molecule has 0 saturated heterocycles. The Morgan fingerprint density at radius 1 is 1.55 bits per heavy atom. The van der Waals surface area contributed by atoms with Gasteiger partial charge in [0, 0.05) is 12.5 Å². The van der Waals surface area contributed by atoms with Crippen LogP contribution in [0.5, 0.6) is 0 Å². The Morgan fingerprint density at radius 2 is 2.18 bits per heavy atom. The van der Waals surface area contributed by atoms with Crippen LogP contribution in [0.15, 0.2) is 12.2 Å². The first-order valence-corrected chi connectivity index (χ1v) is 4.50. The summed E-state index contributed by atoms with van der Waals surface area (Å²) in [6.07, 6.45) is 1.11. The van der Waals surface area contributed by atoms with E-state index in [2.05, 4.69) is 20.4 Å². The van der Waals surface area contributed by atoms with Gasteiger partial charge in [0.05, 0.1) is 6.61 Å². The van der Waals surface area contributed by atoms with Crippen LogP contribution in [-0.2, 0) is 4.74 Å². The molecular formula is C9H17ClO. The summed E-state index contributed by atoms with van der Waals surface area (Å²) in [6.45, 7) is 9.51. The molecule has 1 nitrogen and oxygen atoms in total. The Balaban J connectivity index is 3.08.